The van der Waals surface area contributed by atoms with Gasteiger partial charge in [-0.25, -0.2) is 9.07 Å². The van der Waals surface area contributed by atoms with E-state index in [4.69, 9.17) is 16.7 Å². The summed E-state index contributed by atoms with van der Waals surface area (Å²) in [6.07, 6.45) is 3.48. The Kier molecular flexibility index (Phi) is 6.41. The predicted molar refractivity (Wildman–Crippen MR) is 99.0 cm³/mol. The van der Waals surface area contributed by atoms with E-state index in [0.717, 1.165) is 19.4 Å². The van der Waals surface area contributed by atoms with Gasteiger partial charge in [-0.1, -0.05) is 22.9 Å². The summed E-state index contributed by atoms with van der Waals surface area (Å²) >= 11 is 6.14. The highest BCUT2D eigenvalue weighted by atomic mass is 35.5. The first-order valence-electron chi connectivity index (χ1n) is 8.93. The number of aliphatic hydroxyl groups is 1. The van der Waals surface area contributed by atoms with E-state index in [9.17, 15) is 9.18 Å². The van der Waals surface area contributed by atoms with Crippen molar-refractivity contribution in [3.8, 4) is 0 Å². The van der Waals surface area contributed by atoms with Crippen LogP contribution < -0.4 is 0 Å². The van der Waals surface area contributed by atoms with Gasteiger partial charge in [-0.15, -0.1) is 5.10 Å². The summed E-state index contributed by atoms with van der Waals surface area (Å²) in [7, 11) is 1.61. The van der Waals surface area contributed by atoms with Gasteiger partial charge < -0.3 is 10.0 Å². The number of hydrogen-bond acceptors (Lipinski definition) is 5. The Morgan fingerprint density at radius 1 is 1.48 bits per heavy atom. The molecule has 27 heavy (non-hydrogen) atoms. The van der Waals surface area contributed by atoms with Crippen LogP contribution in [0.25, 0.3) is 0 Å². The molecule has 146 valence electrons. The van der Waals surface area contributed by atoms with Crippen LogP contribution in [-0.4, -0.2) is 69.1 Å². The van der Waals surface area contributed by atoms with Crippen LogP contribution in [0.5, 0.6) is 0 Å². The van der Waals surface area contributed by atoms with Gasteiger partial charge in [-0.3, -0.25) is 9.69 Å². The van der Waals surface area contributed by atoms with Crippen molar-refractivity contribution in [2.24, 2.45) is 0 Å². The van der Waals surface area contributed by atoms with E-state index < -0.39 is 0 Å². The largest absolute Gasteiger partial charge is 0.395 e. The molecule has 2 aromatic rings. The first-order chi connectivity index (χ1) is 13.0. The molecular weight excluding hydrogens is 373 g/mol. The average Bonchev–Trinajstić information content (AvgIpc) is 3.15. The van der Waals surface area contributed by atoms with E-state index in [-0.39, 0.29) is 36.6 Å². The van der Waals surface area contributed by atoms with Gasteiger partial charge in [0.2, 0.25) is 0 Å². The molecule has 1 aliphatic heterocycles. The Balaban J connectivity index is 1.67. The minimum atomic E-state index is -0.301. The molecule has 1 aromatic heterocycles. The molecule has 2 heterocycles. The number of benzene rings is 1. The standard InChI is InChI=1S/C18H23ClFN5O2/c1-23(8-9-26)18(27)17-12-25(22-21-17)13-4-3-7-24(10-13)11-14-15(19)5-2-6-16(14)20/h2,5-6,12-13,26H,3-4,7-11H2,1H3. The van der Waals surface area contributed by atoms with Crippen molar-refractivity contribution in [3.05, 3.63) is 46.5 Å². The van der Waals surface area contributed by atoms with Gasteiger partial charge in [-0.05, 0) is 31.5 Å². The lowest BCUT2D eigenvalue weighted by atomic mass is 10.0. The number of nitrogens with zero attached hydrogens (tertiary/aromatic N) is 5. The number of carbonyl (C=O) groups is 1. The van der Waals surface area contributed by atoms with Crippen LogP contribution in [0, 0.1) is 5.82 Å². The fraction of sp³-hybridized carbons (Fsp3) is 0.500. The van der Waals surface area contributed by atoms with Gasteiger partial charge in [0.25, 0.3) is 5.91 Å². The number of hydrogen-bond donors (Lipinski definition) is 1. The van der Waals surface area contributed by atoms with Crippen molar-refractivity contribution in [1.29, 1.82) is 0 Å². The molecule has 1 amide bonds. The molecule has 1 N–H and O–H groups in total. The van der Waals surface area contributed by atoms with Crippen molar-refractivity contribution >= 4 is 17.5 Å². The first-order valence-corrected chi connectivity index (χ1v) is 9.30. The lowest BCUT2D eigenvalue weighted by molar-refractivity contribution is 0.0761. The third-order valence-electron chi connectivity index (χ3n) is 4.81. The Morgan fingerprint density at radius 3 is 3.04 bits per heavy atom. The van der Waals surface area contributed by atoms with Crippen LogP contribution >= 0.6 is 11.6 Å². The molecule has 1 atom stereocenters. The van der Waals surface area contributed by atoms with Crippen LogP contribution in [0.15, 0.2) is 24.4 Å². The van der Waals surface area contributed by atoms with Crippen LogP contribution in [0.1, 0.15) is 34.9 Å². The molecule has 0 bridgehead atoms. The highest BCUT2D eigenvalue weighted by Crippen LogP contribution is 2.26. The van der Waals surface area contributed by atoms with Crippen molar-refractivity contribution in [3.63, 3.8) is 0 Å². The van der Waals surface area contributed by atoms with Crippen molar-refractivity contribution in [1.82, 2.24) is 24.8 Å². The van der Waals surface area contributed by atoms with Crippen molar-refractivity contribution < 1.29 is 14.3 Å². The zero-order valence-electron chi connectivity index (χ0n) is 15.2. The SMILES string of the molecule is CN(CCO)C(=O)c1cn(C2CCCN(Cc3c(F)cccc3Cl)C2)nn1. The fourth-order valence-corrected chi connectivity index (χ4v) is 3.52. The smallest absolute Gasteiger partial charge is 0.275 e. The number of halogens is 2. The van der Waals surface area contributed by atoms with Crippen LogP contribution in [0.3, 0.4) is 0 Å². The molecule has 0 aliphatic carbocycles. The summed E-state index contributed by atoms with van der Waals surface area (Å²) in [5, 5.41) is 17.5. The zero-order chi connectivity index (χ0) is 19.4. The Bertz CT molecular complexity index is 780. The Morgan fingerprint density at radius 2 is 2.30 bits per heavy atom. The first kappa shape index (κ1) is 19.7. The second kappa shape index (κ2) is 8.77. The molecule has 9 heteroatoms. The number of aromatic nitrogens is 3. The lowest BCUT2D eigenvalue weighted by Gasteiger charge is -2.32. The maximum atomic E-state index is 14.1. The average molecular weight is 396 g/mol. The molecule has 7 nitrogen and oxygen atoms in total. The molecule has 0 saturated carbocycles. The number of aliphatic hydroxyl groups excluding tert-OH is 1. The number of rotatable bonds is 6. The second-order valence-corrected chi connectivity index (χ2v) is 7.17. The van der Waals surface area contributed by atoms with Crippen molar-refractivity contribution in [2.45, 2.75) is 25.4 Å². The van der Waals surface area contributed by atoms with Gasteiger partial charge in [-0.2, -0.15) is 0 Å². The van der Waals surface area contributed by atoms with Crippen LogP contribution in [0.4, 0.5) is 4.39 Å². The zero-order valence-corrected chi connectivity index (χ0v) is 15.9. The van der Waals surface area contributed by atoms with E-state index >= 15 is 0 Å². The molecule has 3 rings (SSSR count). The molecule has 1 aromatic carbocycles. The second-order valence-electron chi connectivity index (χ2n) is 6.77. The molecular formula is C18H23ClFN5O2. The lowest BCUT2D eigenvalue weighted by Crippen LogP contribution is -2.36. The summed E-state index contributed by atoms with van der Waals surface area (Å²) in [6, 6.07) is 4.77. The van der Waals surface area contributed by atoms with Crippen molar-refractivity contribution in [2.75, 3.05) is 33.3 Å². The van der Waals surface area contributed by atoms with Gasteiger partial charge >= 0.3 is 0 Å². The number of amides is 1. The molecule has 1 unspecified atom stereocenters. The minimum Gasteiger partial charge on any atom is -0.395 e. The van der Waals surface area contributed by atoms with Crippen LogP contribution in [0.2, 0.25) is 5.02 Å². The minimum absolute atomic E-state index is 0.0569. The number of carbonyl (C=O) groups excluding carboxylic acids is 1. The topological polar surface area (TPSA) is 74.5 Å². The molecule has 1 fully saturated rings. The summed E-state index contributed by atoms with van der Waals surface area (Å²) in [5.74, 6) is -0.578. The number of likely N-dealkylation sites (tertiary alicyclic amines) is 1. The van der Waals surface area contributed by atoms with E-state index in [1.54, 1.807) is 30.1 Å². The van der Waals surface area contributed by atoms with E-state index in [1.807, 2.05) is 0 Å². The summed E-state index contributed by atoms with van der Waals surface area (Å²) in [5.41, 5.74) is 0.750. The monoisotopic (exact) mass is 395 g/mol. The van der Waals surface area contributed by atoms with E-state index in [0.29, 0.717) is 23.7 Å². The molecule has 0 radical (unpaired) electrons. The van der Waals surface area contributed by atoms with Crippen LogP contribution in [-0.2, 0) is 6.54 Å². The maximum absolute atomic E-state index is 14.1. The third-order valence-corrected chi connectivity index (χ3v) is 5.16. The summed E-state index contributed by atoms with van der Waals surface area (Å²) in [4.78, 5) is 15.8. The molecule has 1 aliphatic rings. The third kappa shape index (κ3) is 4.63. The van der Waals surface area contributed by atoms with E-state index in [1.165, 1.54) is 11.0 Å². The Labute approximate surface area is 162 Å². The van der Waals surface area contributed by atoms with Gasteiger partial charge in [0.15, 0.2) is 5.69 Å². The van der Waals surface area contributed by atoms with E-state index in [2.05, 4.69) is 15.2 Å². The maximum Gasteiger partial charge on any atom is 0.275 e. The summed E-state index contributed by atoms with van der Waals surface area (Å²) in [6.45, 7) is 2.09. The highest BCUT2D eigenvalue weighted by molar-refractivity contribution is 6.31. The molecule has 0 spiro atoms. The number of likely N-dealkylation sites (N-methyl/N-ethyl adjacent to an activating group) is 1. The quantitative estimate of drug-likeness (QED) is 0.809. The predicted octanol–water partition coefficient (Wildman–Crippen LogP) is 1.97. The number of piperidine rings is 1. The summed E-state index contributed by atoms with van der Waals surface area (Å²) < 4.78 is 15.8. The highest BCUT2D eigenvalue weighted by Gasteiger charge is 2.25. The normalized spacial score (nSPS) is 17.9. The van der Waals surface area contributed by atoms with Gasteiger partial charge in [0, 0.05) is 37.3 Å². The fourth-order valence-electron chi connectivity index (χ4n) is 3.30. The Hall–Kier alpha value is -2.03. The van der Waals surface area contributed by atoms with Gasteiger partial charge in [0.1, 0.15) is 5.82 Å². The molecule has 1 saturated heterocycles. The van der Waals surface area contributed by atoms with Gasteiger partial charge in [0.05, 0.1) is 18.8 Å².